The number of piperidine rings is 1. The van der Waals surface area contributed by atoms with E-state index in [9.17, 15) is 13.6 Å². The van der Waals surface area contributed by atoms with Crippen LogP contribution in [0.3, 0.4) is 0 Å². The summed E-state index contributed by atoms with van der Waals surface area (Å²) in [4.78, 5) is 23.8. The molecular weight excluding hydrogens is 426 g/mol. The van der Waals surface area contributed by atoms with E-state index < -0.39 is 11.6 Å². The summed E-state index contributed by atoms with van der Waals surface area (Å²) in [6.45, 7) is 0.465. The number of hydrogen-bond donors (Lipinski definition) is 0. The monoisotopic (exact) mass is 450 g/mol. The van der Waals surface area contributed by atoms with Crippen molar-refractivity contribution in [1.82, 2.24) is 14.9 Å². The van der Waals surface area contributed by atoms with Gasteiger partial charge in [0.05, 0.1) is 25.0 Å². The summed E-state index contributed by atoms with van der Waals surface area (Å²) >= 11 is 0. The summed E-state index contributed by atoms with van der Waals surface area (Å²) in [5.74, 6) is 0.882. The van der Waals surface area contributed by atoms with Crippen molar-refractivity contribution in [2.75, 3.05) is 6.61 Å². The van der Waals surface area contributed by atoms with Gasteiger partial charge >= 0.3 is 0 Å². The number of ether oxygens (including phenoxy) is 1. The van der Waals surface area contributed by atoms with E-state index in [1.54, 1.807) is 0 Å². The third-order valence-corrected chi connectivity index (χ3v) is 8.14. The zero-order valence-electron chi connectivity index (χ0n) is 18.0. The maximum atomic E-state index is 13.9. The molecule has 4 saturated carbocycles. The molecule has 0 radical (unpaired) electrons. The highest BCUT2D eigenvalue weighted by atomic mass is 19.1. The fourth-order valence-corrected chi connectivity index (χ4v) is 6.31. The van der Waals surface area contributed by atoms with Crippen molar-refractivity contribution in [2.24, 2.45) is 29.6 Å². The fourth-order valence-electron chi connectivity index (χ4n) is 6.31. The molecule has 1 unspecified atom stereocenters. The number of halogens is 2. The molecule has 1 amide bonds. The van der Waals surface area contributed by atoms with E-state index in [-0.39, 0.29) is 35.5 Å². The molecule has 0 N–H and O–H groups in total. The molecule has 6 nitrogen and oxygen atoms in total. The van der Waals surface area contributed by atoms with Gasteiger partial charge in [-0.1, -0.05) is 0 Å². The first-order valence-electron chi connectivity index (χ1n) is 11.6. The van der Waals surface area contributed by atoms with Gasteiger partial charge < -0.3 is 9.64 Å². The van der Waals surface area contributed by atoms with Crippen LogP contribution < -0.4 is 4.74 Å². The van der Waals surface area contributed by atoms with E-state index in [1.807, 2.05) is 11.0 Å². The first-order chi connectivity index (χ1) is 16.0. The molecule has 170 valence electrons. The molecule has 5 atom stereocenters. The Labute approximate surface area is 190 Å². The molecule has 1 aliphatic heterocycles. The minimum atomic E-state index is -0.597. The largest absolute Gasteiger partial charge is 0.476 e. The van der Waals surface area contributed by atoms with E-state index >= 15 is 0 Å². The van der Waals surface area contributed by atoms with Gasteiger partial charge in [0.2, 0.25) is 11.8 Å². The van der Waals surface area contributed by atoms with Crippen LogP contribution in [0.2, 0.25) is 0 Å². The molecular formula is C25H24F2N4O2. The van der Waals surface area contributed by atoms with Gasteiger partial charge in [0.25, 0.3) is 0 Å². The van der Waals surface area contributed by atoms with Gasteiger partial charge in [-0.3, -0.25) is 4.79 Å². The Bertz CT molecular complexity index is 1110. The smallest absolute Gasteiger partial charge is 0.232 e. The number of aromatic nitrogens is 2. The molecule has 2 aromatic rings. The third-order valence-electron chi connectivity index (χ3n) is 8.14. The molecule has 2 heterocycles. The zero-order chi connectivity index (χ0) is 22.7. The maximum Gasteiger partial charge on any atom is 0.232 e. The van der Waals surface area contributed by atoms with Crippen LogP contribution in [-0.2, 0) is 4.79 Å². The van der Waals surface area contributed by atoms with Crippen LogP contribution in [0.5, 0.6) is 5.88 Å². The first kappa shape index (κ1) is 20.5. The van der Waals surface area contributed by atoms with Gasteiger partial charge in [0.15, 0.2) is 5.69 Å². The van der Waals surface area contributed by atoms with E-state index in [0.29, 0.717) is 35.8 Å². The highest BCUT2D eigenvalue weighted by Crippen LogP contribution is 2.57. The molecule has 5 aliphatic rings. The number of nitriles is 1. The molecule has 2 bridgehead atoms. The number of benzene rings is 1. The minimum absolute atomic E-state index is 0.0732. The van der Waals surface area contributed by atoms with Crippen molar-refractivity contribution in [1.29, 1.82) is 5.26 Å². The van der Waals surface area contributed by atoms with Crippen molar-refractivity contribution in [2.45, 2.75) is 44.2 Å². The van der Waals surface area contributed by atoms with Crippen molar-refractivity contribution in [3.05, 3.63) is 53.5 Å². The van der Waals surface area contributed by atoms with Crippen molar-refractivity contribution < 1.29 is 18.3 Å². The summed E-state index contributed by atoms with van der Waals surface area (Å²) in [7, 11) is 0. The van der Waals surface area contributed by atoms with Crippen LogP contribution in [0.25, 0.3) is 0 Å². The number of hydrogen-bond acceptors (Lipinski definition) is 5. The van der Waals surface area contributed by atoms with Gasteiger partial charge in [-0.15, -0.1) is 0 Å². The van der Waals surface area contributed by atoms with Crippen molar-refractivity contribution >= 4 is 5.91 Å². The molecule has 1 aromatic heterocycles. The second kappa shape index (κ2) is 7.75. The molecule has 33 heavy (non-hydrogen) atoms. The quantitative estimate of drug-likeness (QED) is 0.687. The Kier molecular flexibility index (Phi) is 4.82. The average Bonchev–Trinajstić information content (AvgIpc) is 3.45. The SMILES string of the molecule is N#Cc1cnc(OCC2C[C@H](C(=O)N3[C@@H]4C[C@@H]4C[C@H]3c3cc(F)cc(F)c3)C3CC2C3)cn1. The first-order valence-corrected chi connectivity index (χ1v) is 11.6. The van der Waals surface area contributed by atoms with Gasteiger partial charge in [-0.25, -0.2) is 18.7 Å². The lowest BCUT2D eigenvalue weighted by Gasteiger charge is -2.51. The summed E-state index contributed by atoms with van der Waals surface area (Å²) in [6, 6.07) is 5.51. The number of amides is 1. The van der Waals surface area contributed by atoms with Crippen LogP contribution in [0.1, 0.15) is 49.4 Å². The Balaban J connectivity index is 1.16. The van der Waals surface area contributed by atoms with Crippen LogP contribution in [-0.4, -0.2) is 33.4 Å². The summed E-state index contributed by atoms with van der Waals surface area (Å²) < 4.78 is 33.6. The van der Waals surface area contributed by atoms with E-state index in [4.69, 9.17) is 10.00 Å². The van der Waals surface area contributed by atoms with Crippen molar-refractivity contribution in [3.8, 4) is 11.9 Å². The number of carbonyl (C=O) groups is 1. The van der Waals surface area contributed by atoms with Crippen LogP contribution in [0.4, 0.5) is 8.78 Å². The van der Waals surface area contributed by atoms with Gasteiger partial charge in [-0.2, -0.15) is 5.26 Å². The normalized spacial score (nSPS) is 33.6. The molecule has 8 heteroatoms. The predicted molar refractivity (Wildman–Crippen MR) is 113 cm³/mol. The highest BCUT2D eigenvalue weighted by molar-refractivity contribution is 5.81. The van der Waals surface area contributed by atoms with Gasteiger partial charge in [0, 0.05) is 18.0 Å². The lowest BCUT2D eigenvalue weighted by Crippen LogP contribution is -2.51. The number of nitrogens with zero attached hydrogens (tertiary/aromatic N) is 4. The summed E-state index contributed by atoms with van der Waals surface area (Å²) in [5.41, 5.74) is 0.804. The lowest BCUT2D eigenvalue weighted by atomic mass is 9.55. The lowest BCUT2D eigenvalue weighted by molar-refractivity contribution is -0.148. The molecule has 7 rings (SSSR count). The second-order valence-electron chi connectivity index (χ2n) is 10.0. The topological polar surface area (TPSA) is 79.1 Å². The Morgan fingerprint density at radius 2 is 1.82 bits per heavy atom. The summed E-state index contributed by atoms with van der Waals surface area (Å²) in [6.07, 6.45) is 7.41. The Morgan fingerprint density at radius 3 is 2.52 bits per heavy atom. The standard InChI is InChI=1S/C25H24F2N4O2/c26-18-3-15(4-19(27)8-18)22-6-16-7-23(16)31(22)25(32)21-5-17(13-1-14(21)2-13)12-33-24-11-29-20(9-28)10-30-24/h3-4,8,10-11,13-14,16-17,21-23H,1-2,5-7,12H2/t13?,14?,16-,17?,21-,22-,23+/m0/s1. The third kappa shape index (κ3) is 3.64. The average molecular weight is 450 g/mol. The molecule has 4 aliphatic carbocycles. The fraction of sp³-hybridized carbons (Fsp3) is 0.520. The van der Waals surface area contributed by atoms with E-state index in [2.05, 4.69) is 9.97 Å². The van der Waals surface area contributed by atoms with Crippen molar-refractivity contribution in [3.63, 3.8) is 0 Å². The second-order valence-corrected chi connectivity index (χ2v) is 10.0. The Morgan fingerprint density at radius 1 is 1.03 bits per heavy atom. The molecule has 5 fully saturated rings. The van der Waals surface area contributed by atoms with E-state index in [1.165, 1.54) is 24.5 Å². The number of likely N-dealkylation sites (tertiary alicyclic amines) is 1. The summed E-state index contributed by atoms with van der Waals surface area (Å²) in [5, 5.41) is 8.85. The minimum Gasteiger partial charge on any atom is -0.476 e. The molecule has 1 saturated heterocycles. The van der Waals surface area contributed by atoms with Gasteiger partial charge in [0.1, 0.15) is 17.7 Å². The van der Waals surface area contributed by atoms with Gasteiger partial charge in [-0.05, 0) is 73.5 Å². The zero-order valence-corrected chi connectivity index (χ0v) is 18.0. The molecule has 0 spiro atoms. The van der Waals surface area contributed by atoms with Crippen LogP contribution >= 0.6 is 0 Å². The maximum absolute atomic E-state index is 13.9. The highest BCUT2D eigenvalue weighted by Gasteiger charge is 2.58. The Hall–Kier alpha value is -3.08. The predicted octanol–water partition coefficient (Wildman–Crippen LogP) is 4.03. The number of carbonyl (C=O) groups excluding carboxylic acids is 1. The van der Waals surface area contributed by atoms with Crippen LogP contribution in [0.15, 0.2) is 30.6 Å². The molecule has 1 aromatic carbocycles. The number of rotatable bonds is 5. The van der Waals surface area contributed by atoms with Crippen LogP contribution in [0, 0.1) is 52.6 Å². The number of fused-ring (bicyclic) bond motifs is 3. The van der Waals surface area contributed by atoms with E-state index in [0.717, 1.165) is 38.2 Å².